The first-order valence-electron chi connectivity index (χ1n) is 15.6. The van der Waals surface area contributed by atoms with Crippen LogP contribution in [0.15, 0.2) is 72.8 Å². The number of hydrogen-bond acceptors (Lipinski definition) is 6. The summed E-state index contributed by atoms with van der Waals surface area (Å²) in [7, 11) is 1.99. The fourth-order valence-corrected chi connectivity index (χ4v) is 6.18. The third kappa shape index (κ3) is 5.75. The first-order valence-corrected chi connectivity index (χ1v) is 15.6. The molecule has 0 unspecified atom stereocenters. The second-order valence-corrected chi connectivity index (χ2v) is 11.0. The lowest BCUT2D eigenvalue weighted by Crippen LogP contribution is -2.45. The molecule has 8 heteroatoms. The van der Waals surface area contributed by atoms with Gasteiger partial charge in [-0.2, -0.15) is 0 Å². The molecule has 0 radical (unpaired) electrons. The molecule has 4 aromatic rings. The number of benzene rings is 4. The van der Waals surface area contributed by atoms with E-state index in [0.717, 1.165) is 47.6 Å². The monoisotopic (exact) mass is 592 g/mol. The van der Waals surface area contributed by atoms with Crippen molar-refractivity contribution in [3.05, 3.63) is 95.1 Å². The molecule has 0 bridgehead atoms. The molecule has 2 heterocycles. The summed E-state index contributed by atoms with van der Waals surface area (Å²) in [5, 5.41) is 3.30. The SMILES string of the molecule is CC.CCN(CCCN(C)CCN1C(=O)c2cccc3cccc(c23)C1=O)CCN1C(=O)c2cccc3cccc(c23)C1=O. The van der Waals surface area contributed by atoms with Crippen molar-refractivity contribution in [3.63, 3.8) is 0 Å². The van der Waals surface area contributed by atoms with Crippen molar-refractivity contribution in [2.24, 2.45) is 0 Å². The second kappa shape index (κ2) is 13.5. The highest BCUT2D eigenvalue weighted by atomic mass is 16.2. The third-order valence-corrected chi connectivity index (χ3v) is 8.52. The zero-order valence-corrected chi connectivity index (χ0v) is 26.0. The van der Waals surface area contributed by atoms with E-state index in [4.69, 9.17) is 0 Å². The van der Waals surface area contributed by atoms with E-state index < -0.39 is 0 Å². The molecule has 0 fully saturated rings. The topological polar surface area (TPSA) is 81.2 Å². The first kappa shape index (κ1) is 31.0. The van der Waals surface area contributed by atoms with Crippen LogP contribution in [-0.4, -0.2) is 96.1 Å². The van der Waals surface area contributed by atoms with E-state index in [2.05, 4.69) is 16.7 Å². The fourth-order valence-electron chi connectivity index (χ4n) is 6.18. The van der Waals surface area contributed by atoms with Gasteiger partial charge in [-0.3, -0.25) is 29.0 Å². The molecule has 0 spiro atoms. The van der Waals surface area contributed by atoms with E-state index in [1.807, 2.05) is 69.4 Å². The molecule has 4 aromatic carbocycles. The molecule has 0 saturated heterocycles. The minimum Gasteiger partial charge on any atom is -0.305 e. The number of likely N-dealkylation sites (N-methyl/N-ethyl adjacent to an activating group) is 2. The Kier molecular flexibility index (Phi) is 9.52. The number of rotatable bonds is 11. The molecule has 6 rings (SSSR count). The predicted octanol–water partition coefficient (Wildman–Crippen LogP) is 5.56. The van der Waals surface area contributed by atoms with Crippen LogP contribution in [-0.2, 0) is 0 Å². The van der Waals surface area contributed by atoms with Gasteiger partial charge in [0.1, 0.15) is 0 Å². The Morgan fingerprint density at radius 3 is 1.32 bits per heavy atom. The van der Waals surface area contributed by atoms with Gasteiger partial charge in [0.15, 0.2) is 0 Å². The first-order chi connectivity index (χ1) is 21.4. The molecule has 228 valence electrons. The van der Waals surface area contributed by atoms with Gasteiger partial charge in [-0.05, 0) is 68.1 Å². The van der Waals surface area contributed by atoms with Crippen LogP contribution in [0.2, 0.25) is 0 Å². The maximum Gasteiger partial charge on any atom is 0.261 e. The highest BCUT2D eigenvalue weighted by molar-refractivity contribution is 6.26. The van der Waals surface area contributed by atoms with Crippen molar-refractivity contribution in [2.75, 3.05) is 52.9 Å². The molecule has 4 amide bonds. The van der Waals surface area contributed by atoms with Gasteiger partial charge in [0.2, 0.25) is 0 Å². The largest absolute Gasteiger partial charge is 0.305 e. The molecule has 2 aliphatic heterocycles. The molecule has 2 aliphatic rings. The van der Waals surface area contributed by atoms with Crippen LogP contribution in [0.1, 0.15) is 68.6 Å². The van der Waals surface area contributed by atoms with Gasteiger partial charge in [0.05, 0.1) is 0 Å². The number of carbonyl (C=O) groups is 4. The molecule has 0 N–H and O–H groups in total. The van der Waals surface area contributed by atoms with Crippen LogP contribution in [0.4, 0.5) is 0 Å². The lowest BCUT2D eigenvalue weighted by molar-refractivity contribution is 0.0584. The van der Waals surface area contributed by atoms with E-state index in [9.17, 15) is 19.2 Å². The van der Waals surface area contributed by atoms with Gasteiger partial charge in [-0.1, -0.05) is 69.3 Å². The van der Waals surface area contributed by atoms with Gasteiger partial charge in [0, 0.05) is 59.2 Å². The average Bonchev–Trinajstić information content (AvgIpc) is 3.05. The highest BCUT2D eigenvalue weighted by Gasteiger charge is 2.33. The molecule has 0 saturated carbocycles. The predicted molar refractivity (Wildman–Crippen MR) is 174 cm³/mol. The van der Waals surface area contributed by atoms with Crippen molar-refractivity contribution in [3.8, 4) is 0 Å². The molecule has 0 aromatic heterocycles. The van der Waals surface area contributed by atoms with Crippen LogP contribution in [0.3, 0.4) is 0 Å². The van der Waals surface area contributed by atoms with E-state index in [1.54, 1.807) is 24.3 Å². The molecule has 0 aliphatic carbocycles. The fraction of sp³-hybridized carbons (Fsp3) is 0.333. The van der Waals surface area contributed by atoms with Crippen molar-refractivity contribution < 1.29 is 19.2 Å². The van der Waals surface area contributed by atoms with Crippen LogP contribution in [0.5, 0.6) is 0 Å². The third-order valence-electron chi connectivity index (χ3n) is 8.52. The zero-order valence-electron chi connectivity index (χ0n) is 26.0. The second-order valence-electron chi connectivity index (χ2n) is 11.0. The molecular formula is C36H40N4O4. The van der Waals surface area contributed by atoms with Gasteiger partial charge >= 0.3 is 0 Å². The summed E-state index contributed by atoms with van der Waals surface area (Å²) in [5.74, 6) is -0.951. The van der Waals surface area contributed by atoms with Crippen LogP contribution < -0.4 is 0 Å². The maximum atomic E-state index is 13.2. The molecule has 44 heavy (non-hydrogen) atoms. The van der Waals surface area contributed by atoms with Crippen LogP contribution in [0.25, 0.3) is 21.5 Å². The zero-order chi connectivity index (χ0) is 31.4. The van der Waals surface area contributed by atoms with E-state index >= 15 is 0 Å². The number of carbonyl (C=O) groups excluding carboxylic acids is 4. The molecule has 0 atom stereocenters. The summed E-state index contributed by atoms with van der Waals surface area (Å²) in [4.78, 5) is 59.9. The number of hydrogen-bond donors (Lipinski definition) is 0. The Labute approximate surface area is 258 Å². The average molecular weight is 593 g/mol. The Morgan fingerprint density at radius 2 is 0.932 bits per heavy atom. The minimum absolute atomic E-state index is 0.235. The van der Waals surface area contributed by atoms with E-state index in [1.165, 1.54) is 9.80 Å². The van der Waals surface area contributed by atoms with Gasteiger partial charge in [-0.15, -0.1) is 0 Å². The minimum atomic E-state index is -0.240. The number of nitrogens with zero attached hydrogens (tertiary/aromatic N) is 4. The van der Waals surface area contributed by atoms with Crippen molar-refractivity contribution in [1.82, 2.24) is 19.6 Å². The standard InChI is InChI=1S/C34H34N4O4.C2H6/c1-3-36(20-22-38-33(41)27-15-6-11-24-12-7-16-28(30(24)27)34(38)42)18-8-17-35(2)19-21-37-31(39)25-13-4-9-23-10-5-14-26(29(23)25)32(37)40;1-2/h4-7,9-16H,3,8,17-22H2,1-2H3;1-2H3. The van der Waals surface area contributed by atoms with Gasteiger partial charge in [0.25, 0.3) is 23.6 Å². The Morgan fingerprint density at radius 1 is 0.545 bits per heavy atom. The van der Waals surface area contributed by atoms with Crippen LogP contribution in [0, 0.1) is 0 Å². The normalized spacial score (nSPS) is 14.2. The van der Waals surface area contributed by atoms with Gasteiger partial charge < -0.3 is 9.80 Å². The van der Waals surface area contributed by atoms with E-state index in [0.29, 0.717) is 48.4 Å². The van der Waals surface area contributed by atoms with Crippen molar-refractivity contribution >= 4 is 45.2 Å². The Bertz CT molecular complexity index is 1630. The quantitative estimate of drug-likeness (QED) is 0.212. The van der Waals surface area contributed by atoms with Crippen molar-refractivity contribution in [1.29, 1.82) is 0 Å². The molecular weight excluding hydrogens is 552 g/mol. The number of imide groups is 2. The summed E-state index contributed by atoms with van der Waals surface area (Å²) in [6.07, 6.45) is 0.873. The summed E-state index contributed by atoms with van der Waals surface area (Å²) in [6, 6.07) is 22.3. The lowest BCUT2D eigenvalue weighted by Gasteiger charge is -2.30. The Hall–Kier alpha value is -4.40. The summed E-state index contributed by atoms with van der Waals surface area (Å²) >= 11 is 0. The lowest BCUT2D eigenvalue weighted by atomic mass is 9.94. The van der Waals surface area contributed by atoms with Crippen molar-refractivity contribution in [2.45, 2.75) is 27.2 Å². The smallest absolute Gasteiger partial charge is 0.261 e. The molecule has 8 nitrogen and oxygen atoms in total. The highest BCUT2D eigenvalue weighted by Crippen LogP contribution is 2.31. The summed E-state index contributed by atoms with van der Waals surface area (Å²) in [5.41, 5.74) is 2.32. The maximum absolute atomic E-state index is 13.2. The van der Waals surface area contributed by atoms with Crippen LogP contribution >= 0.6 is 0 Å². The summed E-state index contributed by atoms with van der Waals surface area (Å²) in [6.45, 7) is 10.3. The summed E-state index contributed by atoms with van der Waals surface area (Å²) < 4.78 is 0. The Balaban J connectivity index is 0.00000188. The van der Waals surface area contributed by atoms with Gasteiger partial charge in [-0.25, -0.2) is 0 Å². The number of amides is 4. The van der Waals surface area contributed by atoms with E-state index in [-0.39, 0.29) is 23.6 Å².